The van der Waals surface area contributed by atoms with E-state index in [1.807, 2.05) is 5.32 Å². The number of amides is 1. The summed E-state index contributed by atoms with van der Waals surface area (Å²) in [6.45, 7) is -0.157. The lowest BCUT2D eigenvalue weighted by atomic mass is 10.1. The molecular formula is C15H11N3O8. The highest BCUT2D eigenvalue weighted by atomic mass is 16.6. The molecule has 0 unspecified atom stereocenters. The number of hydrogen-bond donors (Lipinski definition) is 2. The number of carbonyl (C=O) groups excluding carboxylic acids is 1. The van der Waals surface area contributed by atoms with E-state index in [-0.39, 0.29) is 6.61 Å². The van der Waals surface area contributed by atoms with Gasteiger partial charge in [-0.3, -0.25) is 25.5 Å². The van der Waals surface area contributed by atoms with Crippen LogP contribution in [0.3, 0.4) is 0 Å². The second-order valence-electron chi connectivity index (χ2n) is 4.89. The number of nitrogens with zero attached hydrogens (tertiary/aromatic N) is 2. The zero-order valence-electron chi connectivity index (χ0n) is 12.9. The average molecular weight is 361 g/mol. The molecule has 2 aromatic carbocycles. The van der Waals surface area contributed by atoms with Gasteiger partial charge >= 0.3 is 17.7 Å². The third-order valence-electron chi connectivity index (χ3n) is 3.18. The lowest BCUT2D eigenvalue weighted by molar-refractivity contribution is -0.393. The van der Waals surface area contributed by atoms with Crippen LogP contribution >= 0.6 is 0 Å². The predicted molar refractivity (Wildman–Crippen MR) is 87.0 cm³/mol. The highest BCUT2D eigenvalue weighted by Crippen LogP contribution is 2.33. The molecule has 0 spiro atoms. The molecule has 0 aliphatic carbocycles. The Hall–Kier alpha value is -4.02. The van der Waals surface area contributed by atoms with Gasteiger partial charge in [-0.15, -0.1) is 0 Å². The van der Waals surface area contributed by atoms with E-state index in [1.54, 1.807) is 30.3 Å². The number of nitrogens with one attached hydrogen (secondary N) is 1. The summed E-state index contributed by atoms with van der Waals surface area (Å²) in [5.41, 5.74) is -2.60. The fraction of sp³-hybridized carbons (Fsp3) is 0.0667. The van der Waals surface area contributed by atoms with Crippen molar-refractivity contribution in [3.05, 3.63) is 73.8 Å². The van der Waals surface area contributed by atoms with Gasteiger partial charge in [0.2, 0.25) is 0 Å². The number of anilines is 1. The van der Waals surface area contributed by atoms with Crippen molar-refractivity contribution in [3.8, 4) is 0 Å². The molecule has 2 rings (SSSR count). The van der Waals surface area contributed by atoms with E-state index < -0.39 is 44.5 Å². The molecule has 0 aromatic heterocycles. The molecular weight excluding hydrogens is 350 g/mol. The highest BCUT2D eigenvalue weighted by Gasteiger charge is 2.28. The third kappa shape index (κ3) is 4.29. The fourth-order valence-corrected chi connectivity index (χ4v) is 2.02. The quantitative estimate of drug-likeness (QED) is 0.586. The number of aromatic carboxylic acids is 1. The van der Waals surface area contributed by atoms with Crippen LogP contribution in [0.5, 0.6) is 0 Å². The van der Waals surface area contributed by atoms with E-state index in [1.165, 1.54) is 0 Å². The topological polar surface area (TPSA) is 162 Å². The van der Waals surface area contributed by atoms with E-state index in [9.17, 15) is 29.8 Å². The molecule has 2 aromatic rings. The first-order valence-corrected chi connectivity index (χ1v) is 6.97. The summed E-state index contributed by atoms with van der Waals surface area (Å²) in [4.78, 5) is 43.1. The van der Waals surface area contributed by atoms with Gasteiger partial charge in [0.25, 0.3) is 5.69 Å². The summed E-state index contributed by atoms with van der Waals surface area (Å²) in [5.74, 6) is -1.69. The minimum Gasteiger partial charge on any atom is -0.478 e. The fourth-order valence-electron chi connectivity index (χ4n) is 2.02. The molecule has 0 atom stereocenters. The summed E-state index contributed by atoms with van der Waals surface area (Å²) in [5, 5.41) is 33.1. The van der Waals surface area contributed by atoms with E-state index in [0.29, 0.717) is 17.7 Å². The normalized spacial score (nSPS) is 10.0. The smallest absolute Gasteiger partial charge is 0.412 e. The van der Waals surface area contributed by atoms with Crippen molar-refractivity contribution in [2.45, 2.75) is 6.61 Å². The number of nitro groups is 2. The first kappa shape index (κ1) is 18.3. The van der Waals surface area contributed by atoms with Crippen LogP contribution in [0.25, 0.3) is 0 Å². The van der Waals surface area contributed by atoms with Crippen molar-refractivity contribution < 1.29 is 29.3 Å². The van der Waals surface area contributed by atoms with Gasteiger partial charge < -0.3 is 9.84 Å². The van der Waals surface area contributed by atoms with Crippen LogP contribution in [0.15, 0.2) is 42.5 Å². The van der Waals surface area contributed by atoms with Gasteiger partial charge in [0.05, 0.1) is 21.5 Å². The Bertz CT molecular complexity index is 847. The highest BCUT2D eigenvalue weighted by molar-refractivity contribution is 6.02. The molecule has 0 saturated carbocycles. The Morgan fingerprint density at radius 1 is 1.08 bits per heavy atom. The number of non-ortho nitro benzene ring substituents is 1. The number of nitro benzene ring substituents is 2. The molecule has 134 valence electrons. The molecule has 0 bridgehead atoms. The van der Waals surface area contributed by atoms with Crippen molar-refractivity contribution in [1.82, 2.24) is 0 Å². The molecule has 0 heterocycles. The maximum Gasteiger partial charge on any atom is 0.412 e. The Morgan fingerprint density at radius 3 is 2.27 bits per heavy atom. The number of benzene rings is 2. The number of ether oxygens (including phenoxy) is 1. The minimum atomic E-state index is -1.69. The molecule has 0 fully saturated rings. The first-order valence-electron chi connectivity index (χ1n) is 6.97. The van der Waals surface area contributed by atoms with Crippen molar-refractivity contribution in [2.75, 3.05) is 5.32 Å². The maximum absolute atomic E-state index is 11.9. The van der Waals surface area contributed by atoms with Gasteiger partial charge in [0.1, 0.15) is 12.3 Å². The second-order valence-corrected chi connectivity index (χ2v) is 4.89. The van der Waals surface area contributed by atoms with Gasteiger partial charge in [-0.05, 0) is 5.56 Å². The molecule has 2 N–H and O–H groups in total. The SMILES string of the molecule is O=C(Nc1c(C(=O)O)cc([N+](=O)[O-])cc1[N+](=O)[O-])OCc1ccccc1. The molecule has 1 amide bonds. The largest absolute Gasteiger partial charge is 0.478 e. The minimum absolute atomic E-state index is 0.157. The standard InChI is InChI=1S/C15H11N3O8/c19-14(20)11-6-10(17(22)23)7-12(18(24)25)13(11)16-15(21)26-8-9-4-2-1-3-5-9/h1-7H,8H2,(H,16,21)(H,19,20). The predicted octanol–water partition coefficient (Wildman–Crippen LogP) is 2.95. The Labute approximate surface area is 145 Å². The van der Waals surface area contributed by atoms with E-state index >= 15 is 0 Å². The van der Waals surface area contributed by atoms with Crippen LogP contribution in [0.2, 0.25) is 0 Å². The number of rotatable bonds is 6. The van der Waals surface area contributed by atoms with Crippen molar-refractivity contribution in [2.24, 2.45) is 0 Å². The maximum atomic E-state index is 11.9. The van der Waals surface area contributed by atoms with Crippen molar-refractivity contribution in [1.29, 1.82) is 0 Å². The van der Waals surface area contributed by atoms with E-state index in [2.05, 4.69) is 0 Å². The number of carboxylic acid groups (broad SMARTS) is 1. The van der Waals surface area contributed by atoms with Gasteiger partial charge in [-0.1, -0.05) is 30.3 Å². The van der Waals surface area contributed by atoms with Crippen LogP contribution in [0, 0.1) is 20.2 Å². The Kier molecular flexibility index (Phi) is 5.43. The zero-order valence-corrected chi connectivity index (χ0v) is 12.9. The molecule has 11 heteroatoms. The zero-order chi connectivity index (χ0) is 19.3. The molecule has 0 aliphatic heterocycles. The van der Waals surface area contributed by atoms with Crippen LogP contribution in [-0.4, -0.2) is 27.0 Å². The molecule has 0 radical (unpaired) electrons. The van der Waals surface area contributed by atoms with Crippen molar-refractivity contribution in [3.63, 3.8) is 0 Å². The number of carbonyl (C=O) groups is 2. The Balaban J connectivity index is 2.31. The molecule has 26 heavy (non-hydrogen) atoms. The molecule has 0 aliphatic rings. The lowest BCUT2D eigenvalue weighted by Crippen LogP contribution is -2.17. The van der Waals surface area contributed by atoms with Crippen LogP contribution in [-0.2, 0) is 11.3 Å². The number of carboxylic acids is 1. The number of hydrogen-bond acceptors (Lipinski definition) is 7. The summed E-state index contributed by atoms with van der Waals surface area (Å²) >= 11 is 0. The summed E-state index contributed by atoms with van der Waals surface area (Å²) in [6, 6.07) is 9.68. The summed E-state index contributed by atoms with van der Waals surface area (Å²) in [6.07, 6.45) is -1.15. The molecule has 11 nitrogen and oxygen atoms in total. The third-order valence-corrected chi connectivity index (χ3v) is 3.18. The van der Waals surface area contributed by atoms with Gasteiger partial charge in [0.15, 0.2) is 0 Å². The van der Waals surface area contributed by atoms with E-state index in [4.69, 9.17) is 9.84 Å². The average Bonchev–Trinajstić information content (AvgIpc) is 2.60. The van der Waals surface area contributed by atoms with Crippen LogP contribution in [0.1, 0.15) is 15.9 Å². The van der Waals surface area contributed by atoms with Crippen LogP contribution < -0.4 is 5.32 Å². The van der Waals surface area contributed by atoms with Gasteiger partial charge in [-0.2, -0.15) is 0 Å². The van der Waals surface area contributed by atoms with Crippen molar-refractivity contribution >= 4 is 29.1 Å². The first-order chi connectivity index (χ1) is 12.3. The monoisotopic (exact) mass is 361 g/mol. The molecule has 0 saturated heterocycles. The Morgan fingerprint density at radius 2 is 1.73 bits per heavy atom. The van der Waals surface area contributed by atoms with E-state index in [0.717, 1.165) is 0 Å². The van der Waals surface area contributed by atoms with Gasteiger partial charge in [0, 0.05) is 6.07 Å². The second kappa shape index (κ2) is 7.70. The summed E-state index contributed by atoms with van der Waals surface area (Å²) in [7, 11) is 0. The van der Waals surface area contributed by atoms with Crippen LogP contribution in [0.4, 0.5) is 21.9 Å². The van der Waals surface area contributed by atoms with Gasteiger partial charge in [-0.25, -0.2) is 9.59 Å². The lowest BCUT2D eigenvalue weighted by Gasteiger charge is -2.10. The summed E-state index contributed by atoms with van der Waals surface area (Å²) < 4.78 is 4.88.